The van der Waals surface area contributed by atoms with Crippen LogP contribution in [0.2, 0.25) is 0 Å². The monoisotopic (exact) mass is 440 g/mol. The molecule has 2 aromatic carbocycles. The van der Waals surface area contributed by atoms with Crippen molar-refractivity contribution in [1.29, 1.82) is 0 Å². The predicted molar refractivity (Wildman–Crippen MR) is 119 cm³/mol. The van der Waals surface area contributed by atoms with Gasteiger partial charge in [0.25, 0.3) is 5.91 Å². The van der Waals surface area contributed by atoms with Crippen molar-refractivity contribution in [2.24, 2.45) is 0 Å². The van der Waals surface area contributed by atoms with Crippen LogP contribution in [0.15, 0.2) is 53.6 Å². The van der Waals surface area contributed by atoms with Crippen molar-refractivity contribution >= 4 is 53.3 Å². The Hall–Kier alpha value is -2.91. The predicted octanol–water partition coefficient (Wildman–Crippen LogP) is 3.14. The summed E-state index contributed by atoms with van der Waals surface area (Å²) >= 11 is 1.49. The number of para-hydroxylation sites is 2. The number of hydrogen-bond acceptors (Lipinski definition) is 6. The summed E-state index contributed by atoms with van der Waals surface area (Å²) in [6.45, 7) is 2.49. The van der Waals surface area contributed by atoms with Crippen molar-refractivity contribution in [3.63, 3.8) is 0 Å². The first-order chi connectivity index (χ1) is 14.4. The number of thiazole rings is 1. The van der Waals surface area contributed by atoms with Crippen LogP contribution in [0, 0.1) is 0 Å². The number of H-pyrrole nitrogens is 1. The van der Waals surface area contributed by atoms with Crippen LogP contribution in [0.3, 0.4) is 0 Å². The minimum Gasteiger partial charge on any atom is -0.360 e. The molecular formula is C21H20N4O3S2. The van der Waals surface area contributed by atoms with E-state index in [9.17, 15) is 13.2 Å². The number of carbonyl (C=O) groups is 1. The zero-order valence-electron chi connectivity index (χ0n) is 16.3. The first-order valence-corrected chi connectivity index (χ1v) is 12.3. The summed E-state index contributed by atoms with van der Waals surface area (Å²) in [4.78, 5) is 25.0. The number of benzene rings is 2. The highest BCUT2D eigenvalue weighted by Gasteiger charge is 2.26. The highest BCUT2D eigenvalue weighted by Crippen LogP contribution is 2.33. The molecule has 0 atom stereocenters. The molecule has 0 bridgehead atoms. The zero-order valence-corrected chi connectivity index (χ0v) is 18.0. The first kappa shape index (κ1) is 19.1. The maximum Gasteiger partial charge on any atom is 0.256 e. The van der Waals surface area contributed by atoms with Gasteiger partial charge in [0.05, 0.1) is 15.2 Å². The van der Waals surface area contributed by atoms with Gasteiger partial charge in [-0.05, 0) is 18.2 Å². The summed E-state index contributed by atoms with van der Waals surface area (Å²) in [6.07, 6.45) is 2.98. The van der Waals surface area contributed by atoms with Gasteiger partial charge in [0.2, 0.25) is 0 Å². The SMILES string of the molecule is CS(=O)(=O)c1cccc2sc(N3CCN(C(=O)c4c[nH]c5ccccc45)CC3)nc12. The Balaban J connectivity index is 1.35. The Morgan fingerprint density at radius 1 is 1.07 bits per heavy atom. The van der Waals surface area contributed by atoms with Gasteiger partial charge in [0.15, 0.2) is 15.0 Å². The van der Waals surface area contributed by atoms with Gasteiger partial charge in [-0.3, -0.25) is 4.79 Å². The molecule has 1 aliphatic rings. The van der Waals surface area contributed by atoms with E-state index in [2.05, 4.69) is 14.9 Å². The van der Waals surface area contributed by atoms with Gasteiger partial charge < -0.3 is 14.8 Å². The first-order valence-electron chi connectivity index (χ1n) is 9.62. The number of piperazine rings is 1. The lowest BCUT2D eigenvalue weighted by atomic mass is 10.1. The molecule has 0 unspecified atom stereocenters. The lowest BCUT2D eigenvalue weighted by Crippen LogP contribution is -2.48. The van der Waals surface area contributed by atoms with E-state index in [4.69, 9.17) is 0 Å². The second-order valence-electron chi connectivity index (χ2n) is 7.40. The number of aromatic nitrogens is 2. The molecule has 0 radical (unpaired) electrons. The van der Waals surface area contributed by atoms with E-state index in [1.807, 2.05) is 35.2 Å². The van der Waals surface area contributed by atoms with Crippen molar-refractivity contribution in [3.05, 3.63) is 54.2 Å². The number of nitrogens with zero attached hydrogens (tertiary/aromatic N) is 3. The van der Waals surface area contributed by atoms with E-state index in [1.54, 1.807) is 18.3 Å². The van der Waals surface area contributed by atoms with E-state index < -0.39 is 9.84 Å². The van der Waals surface area contributed by atoms with Crippen molar-refractivity contribution in [2.45, 2.75) is 4.90 Å². The van der Waals surface area contributed by atoms with E-state index in [1.165, 1.54) is 17.6 Å². The second-order valence-corrected chi connectivity index (χ2v) is 10.4. The van der Waals surface area contributed by atoms with Crippen molar-refractivity contribution < 1.29 is 13.2 Å². The fourth-order valence-corrected chi connectivity index (χ4v) is 5.81. The lowest BCUT2D eigenvalue weighted by Gasteiger charge is -2.34. The van der Waals surface area contributed by atoms with Crippen LogP contribution in [0.4, 0.5) is 5.13 Å². The number of fused-ring (bicyclic) bond motifs is 2. The second kappa shape index (κ2) is 7.10. The van der Waals surface area contributed by atoms with Gasteiger partial charge in [-0.1, -0.05) is 35.6 Å². The van der Waals surface area contributed by atoms with E-state index in [0.717, 1.165) is 20.7 Å². The molecule has 154 valence electrons. The number of nitrogens with one attached hydrogen (secondary N) is 1. The third-order valence-electron chi connectivity index (χ3n) is 5.43. The molecule has 7 nitrogen and oxygen atoms in total. The van der Waals surface area contributed by atoms with Crippen LogP contribution in [0.5, 0.6) is 0 Å². The molecule has 5 rings (SSSR count). The summed E-state index contributed by atoms with van der Waals surface area (Å²) in [5, 5.41) is 1.73. The number of hydrogen-bond donors (Lipinski definition) is 1. The lowest BCUT2D eigenvalue weighted by molar-refractivity contribution is 0.0749. The minimum atomic E-state index is -3.34. The van der Waals surface area contributed by atoms with E-state index >= 15 is 0 Å². The van der Waals surface area contributed by atoms with Gasteiger partial charge in [-0.25, -0.2) is 13.4 Å². The Kier molecular flexibility index (Phi) is 4.52. The van der Waals surface area contributed by atoms with Crippen LogP contribution in [0.25, 0.3) is 21.1 Å². The van der Waals surface area contributed by atoms with Crippen LogP contribution in [-0.2, 0) is 9.84 Å². The van der Waals surface area contributed by atoms with Crippen LogP contribution >= 0.6 is 11.3 Å². The fraction of sp³-hybridized carbons (Fsp3) is 0.238. The summed E-state index contributed by atoms with van der Waals surface area (Å²) in [6, 6.07) is 13.0. The van der Waals surface area contributed by atoms with Gasteiger partial charge in [-0.15, -0.1) is 0 Å². The summed E-state index contributed by atoms with van der Waals surface area (Å²) in [5.41, 5.74) is 2.17. The third kappa shape index (κ3) is 3.23. The number of sulfone groups is 1. The fourth-order valence-electron chi connectivity index (χ4n) is 3.87. The number of amides is 1. The molecule has 1 amide bonds. The van der Waals surface area contributed by atoms with Crippen molar-refractivity contribution in [2.75, 3.05) is 37.3 Å². The molecule has 30 heavy (non-hydrogen) atoms. The number of aromatic amines is 1. The highest BCUT2D eigenvalue weighted by atomic mass is 32.2. The summed E-state index contributed by atoms with van der Waals surface area (Å²) in [7, 11) is -3.34. The van der Waals surface area contributed by atoms with Crippen LogP contribution < -0.4 is 4.90 Å². The normalized spacial score (nSPS) is 15.2. The molecule has 1 saturated heterocycles. The van der Waals surface area contributed by atoms with Gasteiger partial charge in [-0.2, -0.15) is 0 Å². The van der Waals surface area contributed by atoms with Crippen LogP contribution in [0.1, 0.15) is 10.4 Å². The Morgan fingerprint density at radius 3 is 2.60 bits per heavy atom. The molecule has 0 aliphatic carbocycles. The van der Waals surface area contributed by atoms with Gasteiger partial charge >= 0.3 is 0 Å². The number of anilines is 1. The summed E-state index contributed by atoms with van der Waals surface area (Å²) in [5.74, 6) is 0.0239. The van der Waals surface area contributed by atoms with Crippen molar-refractivity contribution in [3.8, 4) is 0 Å². The number of carbonyl (C=O) groups excluding carboxylic acids is 1. The maximum absolute atomic E-state index is 13.0. The Bertz CT molecular complexity index is 1370. The Morgan fingerprint density at radius 2 is 1.83 bits per heavy atom. The summed E-state index contributed by atoms with van der Waals surface area (Å²) < 4.78 is 25.0. The molecule has 1 N–H and O–H groups in total. The molecular weight excluding hydrogens is 420 g/mol. The molecule has 1 aliphatic heterocycles. The van der Waals surface area contributed by atoms with Gasteiger partial charge in [0, 0.05) is 49.5 Å². The molecule has 0 saturated carbocycles. The minimum absolute atomic E-state index is 0.0239. The molecule has 3 heterocycles. The quantitative estimate of drug-likeness (QED) is 0.529. The van der Waals surface area contributed by atoms with Gasteiger partial charge in [0.1, 0.15) is 5.52 Å². The van der Waals surface area contributed by atoms with Crippen LogP contribution in [-0.4, -0.2) is 61.6 Å². The average molecular weight is 441 g/mol. The zero-order chi connectivity index (χ0) is 20.9. The topological polar surface area (TPSA) is 86.4 Å². The van der Waals surface area contributed by atoms with Crippen molar-refractivity contribution in [1.82, 2.24) is 14.9 Å². The molecule has 9 heteroatoms. The number of rotatable bonds is 3. The molecule has 4 aromatic rings. The smallest absolute Gasteiger partial charge is 0.256 e. The average Bonchev–Trinajstić information content (AvgIpc) is 3.36. The molecule has 0 spiro atoms. The van der Waals surface area contributed by atoms with E-state index in [-0.39, 0.29) is 10.8 Å². The largest absolute Gasteiger partial charge is 0.360 e. The molecule has 2 aromatic heterocycles. The Labute approximate surface area is 177 Å². The van der Waals surface area contributed by atoms with E-state index in [0.29, 0.717) is 37.3 Å². The standard InChI is InChI=1S/C21H20N4O3S2/c1-30(27,28)18-8-4-7-17-19(18)23-21(29-17)25-11-9-24(10-12-25)20(26)15-13-22-16-6-3-2-5-14(15)16/h2-8,13,22H,9-12H2,1H3. The highest BCUT2D eigenvalue weighted by molar-refractivity contribution is 7.91. The maximum atomic E-state index is 13.0. The molecule has 1 fully saturated rings. The third-order valence-corrected chi connectivity index (χ3v) is 7.64.